The zero-order chi connectivity index (χ0) is 24.6. The third kappa shape index (κ3) is 4.18. The average Bonchev–Trinajstić information content (AvgIpc) is 2.82. The van der Waals surface area contributed by atoms with Gasteiger partial charge in [0.1, 0.15) is 5.82 Å². The van der Waals surface area contributed by atoms with Gasteiger partial charge in [-0.25, -0.2) is 9.37 Å². The Bertz CT molecular complexity index is 1380. The first kappa shape index (κ1) is 23.6. The van der Waals surface area contributed by atoms with Crippen LogP contribution in [0.4, 0.5) is 4.39 Å². The van der Waals surface area contributed by atoms with Crippen molar-refractivity contribution in [3.8, 4) is 6.07 Å². The van der Waals surface area contributed by atoms with Crippen molar-refractivity contribution >= 4 is 16.8 Å². The predicted octanol–water partition coefficient (Wildman–Crippen LogP) is 3.93. The van der Waals surface area contributed by atoms with Gasteiger partial charge in [0.05, 0.1) is 35.1 Å². The number of halogens is 1. The summed E-state index contributed by atoms with van der Waals surface area (Å²) in [5.41, 5.74) is 2.54. The first-order valence-electron chi connectivity index (χ1n) is 11.5. The van der Waals surface area contributed by atoms with Gasteiger partial charge >= 0.3 is 0 Å². The molecule has 0 bridgehead atoms. The Labute approximate surface area is 198 Å². The van der Waals surface area contributed by atoms with Crippen molar-refractivity contribution in [3.63, 3.8) is 0 Å². The third-order valence-electron chi connectivity index (χ3n) is 6.96. The van der Waals surface area contributed by atoms with E-state index < -0.39 is 5.67 Å². The molecule has 176 valence electrons. The van der Waals surface area contributed by atoms with Gasteiger partial charge < -0.3 is 9.47 Å². The molecule has 1 atom stereocenters. The number of rotatable bonds is 3. The van der Waals surface area contributed by atoms with E-state index in [2.05, 4.69) is 11.1 Å². The molecule has 1 aliphatic heterocycles. The minimum Gasteiger partial charge on any atom is -0.343 e. The first-order chi connectivity index (χ1) is 16.1. The SMILES string of the molecule is CC(=O)N1CCC(F)(c2cc3/c(=N/C(C)c4cccc(C#N)c4C)nc(C)n(C)c3cn2)CC1. The molecule has 7 nitrogen and oxygen atoms in total. The summed E-state index contributed by atoms with van der Waals surface area (Å²) in [6.45, 7) is 8.03. The Hall–Kier alpha value is -3.60. The molecule has 1 saturated heterocycles. The van der Waals surface area contributed by atoms with Crippen molar-refractivity contribution in [2.24, 2.45) is 12.0 Å². The zero-order valence-electron chi connectivity index (χ0n) is 20.3. The van der Waals surface area contributed by atoms with Crippen molar-refractivity contribution in [3.05, 3.63) is 64.2 Å². The highest BCUT2D eigenvalue weighted by Crippen LogP contribution is 2.36. The lowest BCUT2D eigenvalue weighted by Crippen LogP contribution is -2.42. The second-order valence-corrected chi connectivity index (χ2v) is 9.04. The molecule has 1 unspecified atom stereocenters. The summed E-state index contributed by atoms with van der Waals surface area (Å²) in [4.78, 5) is 27.4. The highest BCUT2D eigenvalue weighted by molar-refractivity contribution is 5.78. The van der Waals surface area contributed by atoms with Crippen LogP contribution < -0.4 is 5.49 Å². The van der Waals surface area contributed by atoms with E-state index in [1.807, 2.05) is 44.5 Å². The molecule has 3 aromatic rings. The maximum atomic E-state index is 16.0. The Morgan fingerprint density at radius 2 is 2.00 bits per heavy atom. The fraction of sp³-hybridized carbons (Fsp3) is 0.423. The number of aryl methyl sites for hydroxylation is 2. The number of aromatic nitrogens is 3. The van der Waals surface area contributed by atoms with Crippen LogP contribution in [0.5, 0.6) is 0 Å². The molecule has 2 aromatic heterocycles. The van der Waals surface area contributed by atoms with Crippen LogP contribution >= 0.6 is 0 Å². The van der Waals surface area contributed by atoms with E-state index in [-0.39, 0.29) is 24.8 Å². The number of carbonyl (C=O) groups is 1. The van der Waals surface area contributed by atoms with Gasteiger partial charge in [0.15, 0.2) is 11.2 Å². The van der Waals surface area contributed by atoms with E-state index in [0.29, 0.717) is 29.8 Å². The second-order valence-electron chi connectivity index (χ2n) is 9.04. The maximum absolute atomic E-state index is 16.0. The molecule has 34 heavy (non-hydrogen) atoms. The highest BCUT2D eigenvalue weighted by Gasteiger charge is 2.38. The number of nitriles is 1. The minimum atomic E-state index is -1.61. The Kier molecular flexibility index (Phi) is 6.22. The second kappa shape index (κ2) is 8.98. The Morgan fingerprint density at radius 1 is 1.29 bits per heavy atom. The fourth-order valence-electron chi connectivity index (χ4n) is 4.61. The minimum absolute atomic E-state index is 0.0361. The van der Waals surface area contributed by atoms with Crippen LogP contribution in [0, 0.1) is 25.2 Å². The van der Waals surface area contributed by atoms with Gasteiger partial charge in [0.2, 0.25) is 5.91 Å². The number of pyridine rings is 1. The molecule has 0 saturated carbocycles. The van der Waals surface area contributed by atoms with E-state index in [9.17, 15) is 10.1 Å². The monoisotopic (exact) mass is 460 g/mol. The molecule has 3 heterocycles. The number of amides is 1. The van der Waals surface area contributed by atoms with Crippen LogP contribution in [0.3, 0.4) is 0 Å². The van der Waals surface area contributed by atoms with E-state index in [4.69, 9.17) is 9.98 Å². The topological polar surface area (TPSA) is 87.2 Å². The molecule has 0 N–H and O–H groups in total. The highest BCUT2D eigenvalue weighted by atomic mass is 19.1. The Morgan fingerprint density at radius 3 is 2.65 bits per heavy atom. The van der Waals surface area contributed by atoms with Crippen molar-refractivity contribution < 1.29 is 9.18 Å². The number of hydrogen-bond donors (Lipinski definition) is 0. The summed E-state index contributed by atoms with van der Waals surface area (Å²) in [5, 5.41) is 10.1. The molecule has 1 fully saturated rings. The Balaban J connectivity index is 1.82. The van der Waals surface area contributed by atoms with Crippen LogP contribution in [0.15, 0.2) is 35.5 Å². The molecular weight excluding hydrogens is 431 g/mol. The number of benzene rings is 1. The largest absolute Gasteiger partial charge is 0.343 e. The summed E-state index contributed by atoms with van der Waals surface area (Å²) >= 11 is 0. The molecule has 0 radical (unpaired) electrons. The standard InChI is InChI=1S/C26H29FN6O/c1-16-20(14-28)7-6-8-21(16)17(2)30-25-22-13-24(29-15-23(22)32(5)18(3)31-25)26(27)9-11-33(12-10-26)19(4)34/h6-8,13,15,17H,9-12H2,1-5H3/b30-25-. The third-order valence-corrected chi connectivity index (χ3v) is 6.96. The number of hydrogen-bond acceptors (Lipinski definition) is 5. The molecule has 1 aromatic carbocycles. The van der Waals surface area contributed by atoms with E-state index in [1.165, 1.54) is 6.92 Å². The number of alkyl halides is 1. The molecule has 1 amide bonds. The summed E-state index contributed by atoms with van der Waals surface area (Å²) in [5.74, 6) is 0.728. The quantitative estimate of drug-likeness (QED) is 0.593. The lowest BCUT2D eigenvalue weighted by Gasteiger charge is -2.35. The summed E-state index contributed by atoms with van der Waals surface area (Å²) in [6.07, 6.45) is 2.10. The van der Waals surface area contributed by atoms with Crippen molar-refractivity contribution in [2.75, 3.05) is 13.1 Å². The predicted molar refractivity (Wildman–Crippen MR) is 127 cm³/mol. The van der Waals surface area contributed by atoms with Gasteiger partial charge in [0, 0.05) is 45.3 Å². The molecule has 8 heteroatoms. The van der Waals surface area contributed by atoms with Gasteiger partial charge in [-0.2, -0.15) is 5.26 Å². The van der Waals surface area contributed by atoms with Crippen LogP contribution in [0.1, 0.15) is 60.9 Å². The first-order valence-corrected chi connectivity index (χ1v) is 11.5. The van der Waals surface area contributed by atoms with Crippen molar-refractivity contribution in [1.82, 2.24) is 19.4 Å². The summed E-state index contributed by atoms with van der Waals surface area (Å²) in [7, 11) is 1.90. The molecular formula is C26H29FN6O. The van der Waals surface area contributed by atoms with Crippen LogP contribution in [-0.2, 0) is 17.5 Å². The molecule has 0 spiro atoms. The lowest BCUT2D eigenvalue weighted by molar-refractivity contribution is -0.131. The summed E-state index contributed by atoms with van der Waals surface area (Å²) in [6, 6.07) is 9.36. The normalized spacial score (nSPS) is 17.0. The van der Waals surface area contributed by atoms with Crippen LogP contribution in [0.25, 0.3) is 10.9 Å². The maximum Gasteiger partial charge on any atom is 0.219 e. The molecule has 4 rings (SSSR count). The summed E-state index contributed by atoms with van der Waals surface area (Å²) < 4.78 is 17.9. The number of likely N-dealkylation sites (tertiary alicyclic amines) is 1. The molecule has 1 aliphatic rings. The van der Waals surface area contributed by atoms with Gasteiger partial charge in [-0.3, -0.25) is 14.8 Å². The van der Waals surface area contributed by atoms with E-state index >= 15 is 4.39 Å². The number of piperidine rings is 1. The number of nitrogens with zero attached hydrogens (tertiary/aromatic N) is 6. The number of carbonyl (C=O) groups excluding carboxylic acids is 1. The average molecular weight is 461 g/mol. The van der Waals surface area contributed by atoms with Crippen LogP contribution in [0.2, 0.25) is 0 Å². The smallest absolute Gasteiger partial charge is 0.219 e. The van der Waals surface area contributed by atoms with Gasteiger partial charge in [0.25, 0.3) is 0 Å². The fourth-order valence-corrected chi connectivity index (χ4v) is 4.61. The van der Waals surface area contributed by atoms with E-state index in [0.717, 1.165) is 27.9 Å². The van der Waals surface area contributed by atoms with Gasteiger partial charge in [-0.15, -0.1) is 0 Å². The lowest BCUT2D eigenvalue weighted by atomic mass is 9.89. The van der Waals surface area contributed by atoms with Crippen molar-refractivity contribution in [1.29, 1.82) is 5.26 Å². The van der Waals surface area contributed by atoms with E-state index in [1.54, 1.807) is 23.2 Å². The van der Waals surface area contributed by atoms with Gasteiger partial charge in [-0.1, -0.05) is 12.1 Å². The zero-order valence-corrected chi connectivity index (χ0v) is 20.3. The number of fused-ring (bicyclic) bond motifs is 1. The van der Waals surface area contributed by atoms with Crippen LogP contribution in [-0.4, -0.2) is 38.4 Å². The van der Waals surface area contributed by atoms with Crippen molar-refractivity contribution in [2.45, 2.75) is 52.2 Å². The van der Waals surface area contributed by atoms with Gasteiger partial charge in [-0.05, 0) is 44.0 Å². The molecule has 0 aliphatic carbocycles.